The van der Waals surface area contributed by atoms with Crippen LogP contribution in [0.3, 0.4) is 0 Å². The molecule has 0 radical (unpaired) electrons. The van der Waals surface area contributed by atoms with E-state index in [0.29, 0.717) is 6.54 Å². The first kappa shape index (κ1) is 21.8. The van der Waals surface area contributed by atoms with Gasteiger partial charge in [-0.25, -0.2) is 4.39 Å². The molecule has 2 amide bonds. The molecule has 0 spiro atoms. The van der Waals surface area contributed by atoms with Gasteiger partial charge in [0.15, 0.2) is 0 Å². The van der Waals surface area contributed by atoms with Crippen LogP contribution in [0.1, 0.15) is 29.2 Å². The van der Waals surface area contributed by atoms with Gasteiger partial charge in [0.05, 0.1) is 6.04 Å². The van der Waals surface area contributed by atoms with Crippen molar-refractivity contribution in [1.82, 2.24) is 15.5 Å². The Morgan fingerprint density at radius 3 is 2.50 bits per heavy atom. The Balaban J connectivity index is 1.58. The topological polar surface area (TPSA) is 64.7 Å². The van der Waals surface area contributed by atoms with Gasteiger partial charge in [-0.15, -0.1) is 0 Å². The minimum atomic E-state index is -0.705. The molecule has 0 bridgehead atoms. The molecular weight excluding hydrogens is 383 g/mol. The van der Waals surface area contributed by atoms with Gasteiger partial charge in [0.2, 0.25) is 0 Å². The van der Waals surface area contributed by atoms with Crippen LogP contribution in [0.15, 0.2) is 42.5 Å². The zero-order valence-electron chi connectivity index (χ0n) is 17.7. The number of fused-ring (bicyclic) bond motifs is 1. The van der Waals surface area contributed by atoms with Crippen molar-refractivity contribution in [1.29, 1.82) is 0 Å². The highest BCUT2D eigenvalue weighted by Gasteiger charge is 2.21. The van der Waals surface area contributed by atoms with Gasteiger partial charge in [0.1, 0.15) is 5.82 Å². The molecule has 2 N–H and O–H groups in total. The summed E-state index contributed by atoms with van der Waals surface area (Å²) in [6, 6.07) is 12.2. The number of halogens is 1. The zero-order chi connectivity index (χ0) is 21.7. The van der Waals surface area contributed by atoms with Crippen molar-refractivity contribution >= 4 is 17.5 Å². The monoisotopic (exact) mass is 412 g/mol. The Morgan fingerprint density at radius 2 is 1.80 bits per heavy atom. The number of rotatable bonds is 6. The van der Waals surface area contributed by atoms with Crippen LogP contribution in [0, 0.1) is 5.82 Å². The third-order valence-corrected chi connectivity index (χ3v) is 5.49. The van der Waals surface area contributed by atoms with Crippen molar-refractivity contribution in [3.05, 3.63) is 65.0 Å². The number of carbonyl (C=O) groups excluding carboxylic acids is 2. The summed E-state index contributed by atoms with van der Waals surface area (Å²) in [7, 11) is 6.01. The van der Waals surface area contributed by atoms with Crippen molar-refractivity contribution in [3.8, 4) is 0 Å². The van der Waals surface area contributed by atoms with Crippen molar-refractivity contribution in [2.24, 2.45) is 0 Å². The van der Waals surface area contributed by atoms with Gasteiger partial charge in [0.25, 0.3) is 0 Å². The number of nitrogens with zero attached hydrogens (tertiary/aromatic N) is 2. The Bertz CT molecular complexity index is 899. The largest absolute Gasteiger partial charge is 0.374 e. The molecule has 7 heteroatoms. The molecule has 0 aliphatic carbocycles. The van der Waals surface area contributed by atoms with Gasteiger partial charge < -0.3 is 20.4 Å². The number of likely N-dealkylation sites (N-methyl/N-ethyl adjacent to an activating group) is 1. The third kappa shape index (κ3) is 5.36. The average Bonchev–Trinajstić information content (AvgIpc) is 2.73. The molecule has 0 saturated heterocycles. The maximum absolute atomic E-state index is 12.9. The number of nitrogens with one attached hydrogen (secondary N) is 2. The van der Waals surface area contributed by atoms with Crippen molar-refractivity contribution < 1.29 is 14.0 Å². The minimum absolute atomic E-state index is 0.0450. The lowest BCUT2D eigenvalue weighted by atomic mass is 9.96. The molecule has 2 aromatic rings. The van der Waals surface area contributed by atoms with E-state index in [1.165, 1.54) is 23.4 Å². The van der Waals surface area contributed by atoms with E-state index < -0.39 is 11.8 Å². The summed E-state index contributed by atoms with van der Waals surface area (Å²) in [6.07, 6.45) is 2.18. The van der Waals surface area contributed by atoms with Crippen LogP contribution in [0.4, 0.5) is 10.1 Å². The molecule has 3 rings (SSSR count). The van der Waals surface area contributed by atoms with E-state index in [2.05, 4.69) is 40.8 Å². The third-order valence-electron chi connectivity index (χ3n) is 5.49. The van der Waals surface area contributed by atoms with E-state index in [4.69, 9.17) is 0 Å². The fourth-order valence-electron chi connectivity index (χ4n) is 3.75. The summed E-state index contributed by atoms with van der Waals surface area (Å²) >= 11 is 0. The van der Waals surface area contributed by atoms with E-state index in [1.54, 1.807) is 12.1 Å². The predicted octanol–water partition coefficient (Wildman–Crippen LogP) is 2.24. The summed E-state index contributed by atoms with van der Waals surface area (Å²) in [5, 5.41) is 5.30. The number of hydrogen-bond acceptors (Lipinski definition) is 4. The molecule has 1 atom stereocenters. The van der Waals surface area contributed by atoms with Gasteiger partial charge in [-0.05, 0) is 61.8 Å². The minimum Gasteiger partial charge on any atom is -0.374 e. The second kappa shape index (κ2) is 9.71. The molecule has 1 aliphatic rings. The molecule has 30 heavy (non-hydrogen) atoms. The fourth-order valence-corrected chi connectivity index (χ4v) is 3.75. The number of benzene rings is 2. The Morgan fingerprint density at radius 1 is 1.10 bits per heavy atom. The number of amides is 2. The summed E-state index contributed by atoms with van der Waals surface area (Å²) in [5.74, 6) is -1.73. The Kier molecular flexibility index (Phi) is 7.05. The zero-order valence-corrected chi connectivity index (χ0v) is 17.7. The second-order valence-electron chi connectivity index (χ2n) is 7.91. The van der Waals surface area contributed by atoms with Crippen LogP contribution in [0.25, 0.3) is 0 Å². The van der Waals surface area contributed by atoms with Crippen molar-refractivity contribution in [3.63, 3.8) is 0 Å². The van der Waals surface area contributed by atoms with Crippen LogP contribution < -0.4 is 15.5 Å². The first-order valence-electron chi connectivity index (χ1n) is 10.2. The van der Waals surface area contributed by atoms with Crippen LogP contribution >= 0.6 is 0 Å². The summed E-state index contributed by atoms with van der Waals surface area (Å²) in [5.41, 5.74) is 4.41. The maximum atomic E-state index is 12.9. The van der Waals surface area contributed by atoms with Crippen LogP contribution in [-0.4, -0.2) is 50.9 Å². The molecule has 2 aromatic carbocycles. The fraction of sp³-hybridized carbons (Fsp3) is 0.391. The lowest BCUT2D eigenvalue weighted by molar-refractivity contribution is -0.139. The molecule has 0 saturated carbocycles. The second-order valence-corrected chi connectivity index (χ2v) is 7.91. The van der Waals surface area contributed by atoms with Crippen LogP contribution in [0.5, 0.6) is 0 Å². The number of aryl methyl sites for hydroxylation is 1. The molecule has 0 fully saturated rings. The van der Waals surface area contributed by atoms with E-state index in [1.807, 2.05) is 19.0 Å². The van der Waals surface area contributed by atoms with Gasteiger partial charge in [0, 0.05) is 32.4 Å². The molecule has 160 valence electrons. The first-order chi connectivity index (χ1) is 14.3. The van der Waals surface area contributed by atoms with Gasteiger partial charge >= 0.3 is 11.8 Å². The highest BCUT2D eigenvalue weighted by Crippen LogP contribution is 2.29. The SMILES string of the molecule is CN1CCCc2cc([C@H](CNC(=O)C(=O)NCc3ccc(F)cc3)N(C)C)ccc21. The van der Waals surface area contributed by atoms with Gasteiger partial charge in [-0.2, -0.15) is 0 Å². The normalized spacial score (nSPS) is 14.2. The molecular formula is C23H29FN4O2. The van der Waals surface area contributed by atoms with Crippen molar-refractivity contribution in [2.45, 2.75) is 25.4 Å². The van der Waals surface area contributed by atoms with Crippen LogP contribution in [0.2, 0.25) is 0 Å². The molecule has 1 aliphatic heterocycles. The first-order valence-corrected chi connectivity index (χ1v) is 10.2. The highest BCUT2D eigenvalue weighted by atomic mass is 19.1. The van der Waals surface area contributed by atoms with E-state index >= 15 is 0 Å². The Hall–Kier alpha value is -2.93. The van der Waals surface area contributed by atoms with Crippen molar-refractivity contribution in [2.75, 3.05) is 39.1 Å². The quantitative estimate of drug-likeness (QED) is 0.715. The molecule has 0 aromatic heterocycles. The average molecular weight is 413 g/mol. The molecule has 6 nitrogen and oxygen atoms in total. The lowest BCUT2D eigenvalue weighted by Crippen LogP contribution is -2.43. The van der Waals surface area contributed by atoms with Crippen LogP contribution in [-0.2, 0) is 22.6 Å². The number of anilines is 1. The smallest absolute Gasteiger partial charge is 0.309 e. The van der Waals surface area contributed by atoms with Gasteiger partial charge in [-0.1, -0.05) is 24.3 Å². The lowest BCUT2D eigenvalue weighted by Gasteiger charge is -2.30. The van der Waals surface area contributed by atoms with E-state index in [-0.39, 0.29) is 18.4 Å². The Labute approximate surface area is 177 Å². The van der Waals surface area contributed by atoms with E-state index in [0.717, 1.165) is 30.5 Å². The summed E-state index contributed by atoms with van der Waals surface area (Å²) < 4.78 is 12.9. The number of hydrogen-bond donors (Lipinski definition) is 2. The summed E-state index contributed by atoms with van der Waals surface area (Å²) in [6.45, 7) is 1.55. The van der Waals surface area contributed by atoms with E-state index in [9.17, 15) is 14.0 Å². The maximum Gasteiger partial charge on any atom is 0.309 e. The molecule has 1 heterocycles. The van der Waals surface area contributed by atoms with Gasteiger partial charge in [-0.3, -0.25) is 9.59 Å². The highest BCUT2D eigenvalue weighted by molar-refractivity contribution is 6.35. The molecule has 0 unspecified atom stereocenters. The predicted molar refractivity (Wildman–Crippen MR) is 116 cm³/mol. The summed E-state index contributed by atoms with van der Waals surface area (Å²) in [4.78, 5) is 28.7. The standard InChI is InChI=1S/C23H29FN4O2/c1-27(2)21(18-8-11-20-17(13-18)5-4-12-28(20)3)15-26-23(30)22(29)25-14-16-6-9-19(24)10-7-16/h6-11,13,21H,4-5,12,14-15H2,1-3H3,(H,25,29)(H,26,30)/t21-/m0/s1. The number of carbonyl (C=O) groups is 2.